The molecule has 22 heavy (non-hydrogen) atoms. The maximum absolute atomic E-state index is 11.9. The van der Waals surface area contributed by atoms with Crippen LogP contribution in [0.3, 0.4) is 0 Å². The lowest BCUT2D eigenvalue weighted by Gasteiger charge is -2.26. The van der Waals surface area contributed by atoms with E-state index in [1.807, 2.05) is 41.4 Å². The summed E-state index contributed by atoms with van der Waals surface area (Å²) >= 11 is 0. The highest BCUT2D eigenvalue weighted by Gasteiger charge is 2.28. The number of nitrogens with one attached hydrogen (secondary N) is 1. The number of ether oxygens (including phenoxy) is 1. The van der Waals surface area contributed by atoms with Crippen LogP contribution in [0.15, 0.2) is 36.4 Å². The zero-order valence-corrected chi connectivity index (χ0v) is 12.0. The van der Waals surface area contributed by atoms with Gasteiger partial charge in [-0.2, -0.15) is 0 Å². The highest BCUT2D eigenvalue weighted by atomic mass is 16.5. The molecule has 5 nitrogen and oxygen atoms in total. The average Bonchev–Trinajstić information content (AvgIpc) is 3.05. The second kappa shape index (κ2) is 5.03. The summed E-state index contributed by atoms with van der Waals surface area (Å²) in [6.45, 7) is 1.69. The number of hydrogen-bond donors (Lipinski definition) is 2. The van der Waals surface area contributed by atoms with Crippen LogP contribution in [0, 0.1) is 0 Å². The smallest absolute Gasteiger partial charge is 0.338 e. The summed E-state index contributed by atoms with van der Waals surface area (Å²) in [5, 5.41) is 11.6. The zero-order chi connectivity index (χ0) is 15.1. The molecule has 0 aromatic heterocycles. The fourth-order valence-corrected chi connectivity index (χ4v) is 3.15. The number of carboxylic acids is 1. The minimum absolute atomic E-state index is 0.335. The van der Waals surface area contributed by atoms with Crippen molar-refractivity contribution in [2.75, 3.05) is 18.1 Å². The van der Waals surface area contributed by atoms with Crippen molar-refractivity contribution in [1.29, 1.82) is 0 Å². The molecular weight excluding hydrogens is 280 g/mol. The first-order valence-electron chi connectivity index (χ1n) is 7.40. The van der Waals surface area contributed by atoms with Crippen LogP contribution in [-0.2, 0) is 6.42 Å². The molecule has 112 valence electrons. The molecule has 0 unspecified atom stereocenters. The van der Waals surface area contributed by atoms with Gasteiger partial charge in [0.2, 0.25) is 0 Å². The minimum Gasteiger partial charge on any atom is -0.478 e. The molecule has 1 saturated heterocycles. The predicted molar refractivity (Wildman–Crippen MR) is 82.7 cm³/mol. The van der Waals surface area contributed by atoms with Crippen molar-refractivity contribution in [2.24, 2.45) is 0 Å². The molecule has 2 N–H and O–H groups in total. The Morgan fingerprint density at radius 1 is 1.18 bits per heavy atom. The summed E-state index contributed by atoms with van der Waals surface area (Å²) in [6, 6.07) is 11.4. The van der Waals surface area contributed by atoms with E-state index in [1.165, 1.54) is 0 Å². The number of hydrogen-bond acceptors (Lipinski definition) is 4. The Morgan fingerprint density at radius 2 is 2.05 bits per heavy atom. The Hall–Kier alpha value is -2.53. The van der Waals surface area contributed by atoms with Crippen LogP contribution >= 0.6 is 0 Å². The number of anilines is 1. The Morgan fingerprint density at radius 3 is 2.82 bits per heavy atom. The Labute approximate surface area is 128 Å². The molecule has 4 rings (SSSR count). The number of fused-ring (bicyclic) bond motifs is 2. The summed E-state index contributed by atoms with van der Waals surface area (Å²) < 4.78 is 5.88. The maximum atomic E-state index is 11.9. The lowest BCUT2D eigenvalue weighted by molar-refractivity contribution is 0.0696. The molecule has 2 aliphatic rings. The van der Waals surface area contributed by atoms with Crippen LogP contribution < -0.4 is 15.2 Å². The second-order valence-corrected chi connectivity index (χ2v) is 5.54. The van der Waals surface area contributed by atoms with Crippen molar-refractivity contribution in [2.45, 2.75) is 12.8 Å². The van der Waals surface area contributed by atoms with Gasteiger partial charge in [0.1, 0.15) is 11.5 Å². The standard InChI is InChI=1S/C17H16N2O3/c20-17(21)16-12-10-11-4-1-2-5-14(11)22-15(12)7-6-13(16)19-9-3-8-18-19/h1-2,4-7,18H,3,8-10H2,(H,20,21). The third-order valence-corrected chi connectivity index (χ3v) is 4.17. The first-order valence-corrected chi connectivity index (χ1v) is 7.40. The molecule has 0 saturated carbocycles. The van der Waals surface area contributed by atoms with Gasteiger partial charge in [0.25, 0.3) is 0 Å². The Balaban J connectivity index is 1.84. The second-order valence-electron chi connectivity index (χ2n) is 5.54. The predicted octanol–water partition coefficient (Wildman–Crippen LogP) is 2.80. The van der Waals surface area contributed by atoms with E-state index in [0.29, 0.717) is 23.4 Å². The molecule has 5 heteroatoms. The van der Waals surface area contributed by atoms with Crippen LogP contribution in [0.1, 0.15) is 27.9 Å². The van der Waals surface area contributed by atoms with Crippen molar-refractivity contribution < 1.29 is 14.6 Å². The van der Waals surface area contributed by atoms with Gasteiger partial charge in [0.15, 0.2) is 0 Å². The van der Waals surface area contributed by atoms with Gasteiger partial charge in [-0.3, -0.25) is 0 Å². The monoisotopic (exact) mass is 296 g/mol. The molecule has 2 heterocycles. The summed E-state index contributed by atoms with van der Waals surface area (Å²) in [4.78, 5) is 11.9. The molecule has 0 bridgehead atoms. The van der Waals surface area contributed by atoms with Gasteiger partial charge in [0, 0.05) is 25.1 Å². The fourth-order valence-electron chi connectivity index (χ4n) is 3.15. The third-order valence-electron chi connectivity index (χ3n) is 4.17. The van der Waals surface area contributed by atoms with Crippen LogP contribution in [-0.4, -0.2) is 24.2 Å². The van der Waals surface area contributed by atoms with Crippen LogP contribution in [0.25, 0.3) is 0 Å². The summed E-state index contributed by atoms with van der Waals surface area (Å²) in [6.07, 6.45) is 1.59. The lowest BCUT2D eigenvalue weighted by Crippen LogP contribution is -2.32. The summed E-state index contributed by atoms with van der Waals surface area (Å²) in [5.41, 5.74) is 6.04. The number of carbonyl (C=O) groups is 1. The van der Waals surface area contributed by atoms with E-state index in [2.05, 4.69) is 5.43 Å². The topological polar surface area (TPSA) is 61.8 Å². The number of nitrogens with zero attached hydrogens (tertiary/aromatic N) is 1. The molecule has 2 aliphatic heterocycles. The number of para-hydroxylation sites is 1. The largest absolute Gasteiger partial charge is 0.478 e. The van der Waals surface area contributed by atoms with E-state index in [0.717, 1.165) is 36.4 Å². The van der Waals surface area contributed by atoms with Crippen molar-refractivity contribution in [3.8, 4) is 11.5 Å². The summed E-state index contributed by atoms with van der Waals surface area (Å²) in [5.74, 6) is 0.529. The van der Waals surface area contributed by atoms with Gasteiger partial charge in [-0.25, -0.2) is 10.2 Å². The van der Waals surface area contributed by atoms with E-state index in [4.69, 9.17) is 4.74 Å². The van der Waals surface area contributed by atoms with Crippen LogP contribution in [0.5, 0.6) is 11.5 Å². The molecule has 0 aliphatic carbocycles. The molecule has 0 amide bonds. The van der Waals surface area contributed by atoms with Gasteiger partial charge >= 0.3 is 5.97 Å². The SMILES string of the molecule is O=C(O)c1c(N2CCCN2)ccc2c1Cc1ccccc1O2. The van der Waals surface area contributed by atoms with Gasteiger partial charge in [-0.05, 0) is 30.2 Å². The normalized spacial score (nSPS) is 15.9. The van der Waals surface area contributed by atoms with E-state index < -0.39 is 5.97 Å². The molecule has 2 aromatic carbocycles. The fraction of sp³-hybridized carbons (Fsp3) is 0.235. The molecule has 0 radical (unpaired) electrons. The highest BCUT2D eigenvalue weighted by Crippen LogP contribution is 2.41. The molecule has 0 atom stereocenters. The van der Waals surface area contributed by atoms with Crippen LogP contribution in [0.4, 0.5) is 5.69 Å². The van der Waals surface area contributed by atoms with Gasteiger partial charge < -0.3 is 14.9 Å². The number of benzene rings is 2. The van der Waals surface area contributed by atoms with E-state index >= 15 is 0 Å². The molecule has 0 spiro atoms. The Bertz CT molecular complexity index is 752. The number of aromatic carboxylic acids is 1. The number of rotatable bonds is 2. The first kappa shape index (κ1) is 13.2. The number of hydrazine groups is 1. The Kier molecular flexibility index (Phi) is 3.01. The van der Waals surface area contributed by atoms with Crippen LogP contribution in [0.2, 0.25) is 0 Å². The zero-order valence-electron chi connectivity index (χ0n) is 12.0. The van der Waals surface area contributed by atoms with E-state index in [-0.39, 0.29) is 0 Å². The number of carboxylic acid groups (broad SMARTS) is 1. The quantitative estimate of drug-likeness (QED) is 0.761. The van der Waals surface area contributed by atoms with Gasteiger partial charge in [0.05, 0.1) is 11.3 Å². The molecular formula is C17H16N2O3. The minimum atomic E-state index is -0.913. The van der Waals surface area contributed by atoms with Gasteiger partial charge in [-0.15, -0.1) is 0 Å². The third kappa shape index (κ3) is 2.02. The van der Waals surface area contributed by atoms with Crippen molar-refractivity contribution in [3.63, 3.8) is 0 Å². The lowest BCUT2D eigenvalue weighted by atomic mass is 9.94. The first-order chi connectivity index (χ1) is 10.7. The van der Waals surface area contributed by atoms with Crippen molar-refractivity contribution >= 4 is 11.7 Å². The van der Waals surface area contributed by atoms with Gasteiger partial charge in [-0.1, -0.05) is 18.2 Å². The molecule has 2 aromatic rings. The van der Waals surface area contributed by atoms with E-state index in [1.54, 1.807) is 0 Å². The van der Waals surface area contributed by atoms with Crippen molar-refractivity contribution in [1.82, 2.24) is 5.43 Å². The highest BCUT2D eigenvalue weighted by molar-refractivity contribution is 5.97. The van der Waals surface area contributed by atoms with E-state index in [9.17, 15) is 9.90 Å². The summed E-state index contributed by atoms with van der Waals surface area (Å²) in [7, 11) is 0. The maximum Gasteiger partial charge on any atom is 0.338 e. The van der Waals surface area contributed by atoms with Crippen molar-refractivity contribution in [3.05, 3.63) is 53.1 Å². The molecule has 1 fully saturated rings. The average molecular weight is 296 g/mol.